The second-order valence-electron chi connectivity index (χ2n) is 7.90. The van der Waals surface area contributed by atoms with Gasteiger partial charge in [-0.3, -0.25) is 4.79 Å². The summed E-state index contributed by atoms with van der Waals surface area (Å²) < 4.78 is 3.51. The van der Waals surface area contributed by atoms with Crippen molar-refractivity contribution in [2.24, 2.45) is 4.99 Å². The van der Waals surface area contributed by atoms with Crippen LogP contribution < -0.4 is 4.90 Å². The van der Waals surface area contributed by atoms with Gasteiger partial charge in [0.1, 0.15) is 0 Å². The number of benzene rings is 2. The molecule has 0 bridgehead atoms. The first kappa shape index (κ1) is 22.4. The Labute approximate surface area is 216 Å². The van der Waals surface area contributed by atoms with Crippen LogP contribution in [0.15, 0.2) is 65.7 Å². The molecule has 0 fully saturated rings. The maximum atomic E-state index is 12.2. The van der Waals surface area contributed by atoms with Crippen molar-refractivity contribution >= 4 is 72.7 Å². The molecule has 1 aliphatic rings. The van der Waals surface area contributed by atoms with Crippen molar-refractivity contribution in [3.05, 3.63) is 76.7 Å². The zero-order valence-corrected chi connectivity index (χ0v) is 23.6. The van der Waals surface area contributed by atoms with Crippen molar-refractivity contribution in [3.63, 3.8) is 0 Å². The molecule has 7 heteroatoms. The number of hydrogen-bond acceptors (Lipinski definition) is 5. The van der Waals surface area contributed by atoms with E-state index < -0.39 is 0 Å². The molecule has 0 saturated carbocycles. The molecule has 2 aromatic carbocycles. The van der Waals surface area contributed by atoms with Gasteiger partial charge in [-0.05, 0) is 12.5 Å². The summed E-state index contributed by atoms with van der Waals surface area (Å²) in [6.45, 7) is 2.72. The molecule has 3 heterocycles. The molecule has 5 rings (SSSR count). The number of thiophene rings is 2. The molecule has 4 aromatic rings. The summed E-state index contributed by atoms with van der Waals surface area (Å²) in [6.07, 6.45) is 1.14. The molecule has 3 radical (unpaired) electrons. The van der Waals surface area contributed by atoms with Gasteiger partial charge in [-0.1, -0.05) is 0 Å². The molecule has 0 saturated heterocycles. The van der Waals surface area contributed by atoms with E-state index in [0.29, 0.717) is 19.4 Å². The first-order valence-corrected chi connectivity index (χ1v) is 14.3. The predicted molar refractivity (Wildman–Crippen MR) is 139 cm³/mol. The number of carbonyl (C=O) groups is 1. The van der Waals surface area contributed by atoms with E-state index in [-0.39, 0.29) is 11.9 Å². The maximum absolute atomic E-state index is 12.2. The Morgan fingerprint density at radius 2 is 1.94 bits per heavy atom. The Kier molecular flexibility index (Phi) is 6.45. The molecule has 0 aliphatic carbocycles. The third-order valence-electron chi connectivity index (χ3n) is 5.75. The van der Waals surface area contributed by atoms with E-state index in [1.807, 2.05) is 30.0 Å². The van der Waals surface area contributed by atoms with Crippen LogP contribution in [0, 0.1) is 11.3 Å². The van der Waals surface area contributed by atoms with E-state index in [9.17, 15) is 10.1 Å². The standard InChI is InChI=1S/C26H20N3OS2.Pb/c1-2-29-22-10-19(9-8-18(22)11-26(29)30)23-14-25-24(32-23)13-21(31-25)12-20(15-27)28-16-17-6-4-3-5-7-17;/h3-10,13-14,20H,2,11-12H2,1H3;. The summed E-state index contributed by atoms with van der Waals surface area (Å²) in [5.41, 5.74) is 4.42. The molecule has 1 aliphatic heterocycles. The summed E-state index contributed by atoms with van der Waals surface area (Å²) in [7, 11) is 0. The van der Waals surface area contributed by atoms with Crippen LogP contribution >= 0.6 is 22.7 Å². The third-order valence-corrected chi connectivity index (χ3v) is 9.74. The summed E-state index contributed by atoms with van der Waals surface area (Å²) in [5.74, 6) is 0.182. The number of anilines is 1. The van der Waals surface area contributed by atoms with Crippen molar-refractivity contribution < 1.29 is 4.79 Å². The minimum atomic E-state index is -0.362. The van der Waals surface area contributed by atoms with Gasteiger partial charge in [-0.2, -0.15) is 0 Å². The Balaban J connectivity index is 1.37. The average Bonchev–Trinajstić information content (AvgIpc) is 3.48. The molecule has 4 nitrogen and oxygen atoms in total. The molecule has 33 heavy (non-hydrogen) atoms. The van der Waals surface area contributed by atoms with Crippen LogP contribution in [0.4, 0.5) is 5.69 Å². The number of rotatable bonds is 6. The van der Waals surface area contributed by atoms with Crippen LogP contribution in [0.5, 0.6) is 0 Å². The number of nitriles is 1. The molecule has 1 atom stereocenters. The first-order valence-electron chi connectivity index (χ1n) is 10.8. The second kappa shape index (κ2) is 9.49. The molecule has 161 valence electrons. The molecule has 1 unspecified atom stereocenters. The van der Waals surface area contributed by atoms with Crippen molar-refractivity contribution in [2.75, 3.05) is 11.4 Å². The zero-order valence-electron chi connectivity index (χ0n) is 18.0. The fraction of sp³-hybridized carbons (Fsp3) is 0.192. The number of likely N-dealkylation sites (N-methyl/N-ethyl adjacent to an activating group) is 1. The quantitative estimate of drug-likeness (QED) is 0.200. The number of amides is 1. The molecule has 0 spiro atoms. The topological polar surface area (TPSA) is 56.5 Å². The van der Waals surface area contributed by atoms with Gasteiger partial charge in [-0.25, -0.2) is 0 Å². The third kappa shape index (κ3) is 4.54. The zero-order chi connectivity index (χ0) is 22.9. The normalized spacial score (nSPS) is 14.5. The molecular formula is C26H20N3OPbS2. The number of hydrogen-bond donors (Lipinski definition) is 0. The average molecular weight is 662 g/mol. The number of nitrogens with zero attached hydrogens (tertiary/aromatic N) is 3. The van der Waals surface area contributed by atoms with Crippen molar-refractivity contribution in [3.8, 4) is 16.5 Å². The SMILES string of the molecule is CCN1C(=O)Cc2ccc(-c3cc4sc(CC(C#N)N=[C]([Pb])c5ccccc5)cc4s3)cc21. The summed E-state index contributed by atoms with van der Waals surface area (Å²) in [4.78, 5) is 21.2. The van der Waals surface area contributed by atoms with E-state index in [1.165, 1.54) is 19.2 Å². The van der Waals surface area contributed by atoms with Gasteiger partial charge >= 0.3 is 177 Å². The second-order valence-corrected chi connectivity index (χ2v) is 12.0. The van der Waals surface area contributed by atoms with E-state index in [1.54, 1.807) is 22.7 Å². The van der Waals surface area contributed by atoms with Crippen molar-refractivity contribution in [2.45, 2.75) is 25.8 Å². The number of aliphatic imine (C=N–C) groups is 1. The molecule has 0 N–H and O–H groups in total. The van der Waals surface area contributed by atoms with E-state index >= 15 is 0 Å². The van der Waals surface area contributed by atoms with Gasteiger partial charge in [0.05, 0.1) is 6.42 Å². The molecule has 1 amide bonds. The monoisotopic (exact) mass is 662 g/mol. The van der Waals surface area contributed by atoms with Crippen LogP contribution in [0.2, 0.25) is 0 Å². The number of carbonyl (C=O) groups excluding carboxylic acids is 1. The predicted octanol–water partition coefficient (Wildman–Crippen LogP) is 5.59. The molecular weight excluding hydrogens is 642 g/mol. The van der Waals surface area contributed by atoms with Crippen molar-refractivity contribution in [1.29, 1.82) is 5.26 Å². The van der Waals surface area contributed by atoms with Crippen molar-refractivity contribution in [1.82, 2.24) is 0 Å². The van der Waals surface area contributed by atoms with Crippen LogP contribution in [0.25, 0.3) is 19.8 Å². The van der Waals surface area contributed by atoms with Gasteiger partial charge in [0.25, 0.3) is 0 Å². The van der Waals surface area contributed by atoms with Crippen LogP contribution in [-0.4, -0.2) is 47.5 Å². The number of fused-ring (bicyclic) bond motifs is 2. The van der Waals surface area contributed by atoms with Gasteiger partial charge in [0.2, 0.25) is 5.91 Å². The van der Waals surface area contributed by atoms with Crippen LogP contribution in [0.3, 0.4) is 0 Å². The van der Waals surface area contributed by atoms with Gasteiger partial charge < -0.3 is 4.90 Å². The summed E-state index contributed by atoms with van der Waals surface area (Å²) in [6, 6.07) is 22.9. The van der Waals surface area contributed by atoms with Gasteiger partial charge in [-0.15, -0.1) is 0 Å². The Morgan fingerprint density at radius 3 is 2.67 bits per heavy atom. The van der Waals surface area contributed by atoms with E-state index in [2.05, 4.69) is 48.5 Å². The first-order chi connectivity index (χ1) is 16.1. The van der Waals surface area contributed by atoms with Crippen LogP contribution in [0.1, 0.15) is 22.9 Å². The fourth-order valence-corrected chi connectivity index (χ4v) is 7.83. The summed E-state index contributed by atoms with van der Waals surface area (Å²) >= 11 is 4.32. The van der Waals surface area contributed by atoms with Gasteiger partial charge in [0, 0.05) is 6.54 Å². The Bertz CT molecular complexity index is 1380. The fourth-order valence-electron chi connectivity index (χ4n) is 4.12. The Hall–Kier alpha value is -2.35. The van der Waals surface area contributed by atoms with Gasteiger partial charge in [0.15, 0.2) is 0 Å². The minimum absolute atomic E-state index is 0.182. The summed E-state index contributed by atoms with van der Waals surface area (Å²) in [5, 5.41) is 9.68. The van der Waals surface area contributed by atoms with E-state index in [0.717, 1.165) is 51.4 Å². The van der Waals surface area contributed by atoms with Crippen LogP contribution in [-0.2, 0) is 17.6 Å². The molecule has 2 aromatic heterocycles. The van der Waals surface area contributed by atoms with E-state index in [4.69, 9.17) is 4.99 Å². The Morgan fingerprint density at radius 1 is 1.15 bits per heavy atom.